The van der Waals surface area contributed by atoms with E-state index in [1.165, 1.54) is 11.1 Å². The van der Waals surface area contributed by atoms with Gasteiger partial charge in [0, 0.05) is 0 Å². The van der Waals surface area contributed by atoms with Gasteiger partial charge in [-0.25, -0.2) is 0 Å². The van der Waals surface area contributed by atoms with E-state index in [1.807, 2.05) is 12.2 Å². The minimum absolute atomic E-state index is 0.567. The quantitative estimate of drug-likeness (QED) is 0.644. The summed E-state index contributed by atoms with van der Waals surface area (Å²) in [5.74, 6) is 0.567. The zero-order valence-corrected chi connectivity index (χ0v) is 8.38. The summed E-state index contributed by atoms with van der Waals surface area (Å²) < 4.78 is 0. The molecule has 0 N–H and O–H groups in total. The molecule has 0 amide bonds. The number of benzene rings is 1. The first kappa shape index (κ1) is 9.79. The standard InChI is InChI=1S/C13H16/c1-5-11-7-8-13(10(3)4)9-12(11)6-2/h5-10H,1-2H2,3-4H3. The Morgan fingerprint density at radius 3 is 2.15 bits per heavy atom. The van der Waals surface area contributed by atoms with E-state index in [-0.39, 0.29) is 0 Å². The fraction of sp³-hybridized carbons (Fsp3) is 0.231. The summed E-state index contributed by atoms with van der Waals surface area (Å²) in [5, 5.41) is 0. The van der Waals surface area contributed by atoms with E-state index in [1.54, 1.807) is 0 Å². The van der Waals surface area contributed by atoms with Crippen LogP contribution >= 0.6 is 0 Å². The first-order chi connectivity index (χ1) is 6.19. The molecular formula is C13H16. The molecule has 0 aromatic heterocycles. The van der Waals surface area contributed by atoms with E-state index in [0.29, 0.717) is 5.92 Å². The molecule has 1 rings (SSSR count). The predicted molar refractivity (Wildman–Crippen MR) is 60.7 cm³/mol. The van der Waals surface area contributed by atoms with Crippen molar-refractivity contribution in [3.63, 3.8) is 0 Å². The normalized spacial score (nSPS) is 10.1. The lowest BCUT2D eigenvalue weighted by molar-refractivity contribution is 0.866. The van der Waals surface area contributed by atoms with Crippen molar-refractivity contribution >= 4 is 12.2 Å². The maximum Gasteiger partial charge on any atom is -0.0187 e. The number of rotatable bonds is 3. The molecule has 0 nitrogen and oxygen atoms in total. The molecule has 0 aliphatic heterocycles. The summed E-state index contributed by atoms with van der Waals surface area (Å²) >= 11 is 0. The zero-order valence-electron chi connectivity index (χ0n) is 8.38. The van der Waals surface area contributed by atoms with Crippen LogP contribution in [0.2, 0.25) is 0 Å². The van der Waals surface area contributed by atoms with Crippen LogP contribution in [0.25, 0.3) is 12.2 Å². The van der Waals surface area contributed by atoms with Crippen LogP contribution < -0.4 is 0 Å². The van der Waals surface area contributed by atoms with Gasteiger partial charge in [0.1, 0.15) is 0 Å². The third-order valence-electron chi connectivity index (χ3n) is 2.22. The lowest BCUT2D eigenvalue weighted by atomic mass is 9.97. The Morgan fingerprint density at radius 1 is 1.08 bits per heavy atom. The van der Waals surface area contributed by atoms with E-state index in [0.717, 1.165) is 5.56 Å². The smallest absolute Gasteiger partial charge is 0.0187 e. The van der Waals surface area contributed by atoms with Crippen molar-refractivity contribution in [3.05, 3.63) is 48.0 Å². The Balaban J connectivity index is 3.20. The lowest BCUT2D eigenvalue weighted by Crippen LogP contribution is -1.89. The number of hydrogen-bond acceptors (Lipinski definition) is 0. The van der Waals surface area contributed by atoms with Gasteiger partial charge in [0.2, 0.25) is 0 Å². The molecule has 0 fully saturated rings. The van der Waals surface area contributed by atoms with Crippen LogP contribution in [-0.2, 0) is 0 Å². The van der Waals surface area contributed by atoms with Crippen LogP contribution in [0.3, 0.4) is 0 Å². The van der Waals surface area contributed by atoms with Crippen molar-refractivity contribution in [2.45, 2.75) is 19.8 Å². The molecule has 1 aromatic rings. The molecule has 0 aliphatic carbocycles. The zero-order chi connectivity index (χ0) is 9.84. The summed E-state index contributed by atoms with van der Waals surface area (Å²) in [6, 6.07) is 6.42. The molecule has 0 atom stereocenters. The Bertz CT molecular complexity index is 319. The van der Waals surface area contributed by atoms with E-state index in [9.17, 15) is 0 Å². The Hall–Kier alpha value is -1.30. The fourth-order valence-electron chi connectivity index (χ4n) is 1.32. The summed E-state index contributed by atoms with van der Waals surface area (Å²) in [5.41, 5.74) is 3.67. The molecule has 0 aliphatic rings. The van der Waals surface area contributed by atoms with Gasteiger partial charge in [0.05, 0.1) is 0 Å². The minimum Gasteiger partial charge on any atom is -0.0984 e. The Kier molecular flexibility index (Phi) is 3.07. The van der Waals surface area contributed by atoms with Crippen LogP contribution in [0.5, 0.6) is 0 Å². The molecule has 0 heterocycles. The molecule has 0 saturated carbocycles. The van der Waals surface area contributed by atoms with E-state index in [2.05, 4.69) is 45.2 Å². The molecule has 0 heteroatoms. The van der Waals surface area contributed by atoms with Gasteiger partial charge in [-0.2, -0.15) is 0 Å². The first-order valence-corrected chi connectivity index (χ1v) is 4.58. The van der Waals surface area contributed by atoms with Gasteiger partial charge in [-0.05, 0) is 22.6 Å². The average molecular weight is 172 g/mol. The van der Waals surface area contributed by atoms with Crippen LogP contribution in [0.1, 0.15) is 36.5 Å². The van der Waals surface area contributed by atoms with E-state index >= 15 is 0 Å². The van der Waals surface area contributed by atoms with Crippen LogP contribution in [0.4, 0.5) is 0 Å². The van der Waals surface area contributed by atoms with Crippen LogP contribution in [0.15, 0.2) is 31.4 Å². The summed E-state index contributed by atoms with van der Waals surface area (Å²) in [6.45, 7) is 11.9. The Labute approximate surface area is 80.6 Å². The second-order valence-electron chi connectivity index (χ2n) is 3.45. The van der Waals surface area contributed by atoms with Crippen molar-refractivity contribution in [2.24, 2.45) is 0 Å². The van der Waals surface area contributed by atoms with Crippen molar-refractivity contribution in [3.8, 4) is 0 Å². The Morgan fingerprint density at radius 2 is 1.69 bits per heavy atom. The lowest BCUT2D eigenvalue weighted by Gasteiger charge is -2.08. The van der Waals surface area contributed by atoms with Gasteiger partial charge in [0.15, 0.2) is 0 Å². The molecule has 1 aromatic carbocycles. The molecule has 13 heavy (non-hydrogen) atoms. The molecule has 0 radical (unpaired) electrons. The highest BCUT2D eigenvalue weighted by atomic mass is 14.1. The highest BCUT2D eigenvalue weighted by molar-refractivity contribution is 5.64. The van der Waals surface area contributed by atoms with Crippen molar-refractivity contribution < 1.29 is 0 Å². The van der Waals surface area contributed by atoms with E-state index in [4.69, 9.17) is 0 Å². The molecule has 0 unspecified atom stereocenters. The predicted octanol–water partition coefficient (Wildman–Crippen LogP) is 4.10. The van der Waals surface area contributed by atoms with Gasteiger partial charge in [-0.15, -0.1) is 0 Å². The largest absolute Gasteiger partial charge is 0.0984 e. The SMILES string of the molecule is C=Cc1ccc(C(C)C)cc1C=C. The maximum atomic E-state index is 3.79. The molecule has 0 spiro atoms. The van der Waals surface area contributed by atoms with Crippen molar-refractivity contribution in [1.29, 1.82) is 0 Å². The summed E-state index contributed by atoms with van der Waals surface area (Å²) in [4.78, 5) is 0. The molecule has 68 valence electrons. The maximum absolute atomic E-state index is 3.79. The topological polar surface area (TPSA) is 0 Å². The van der Waals surface area contributed by atoms with Gasteiger partial charge in [0.25, 0.3) is 0 Å². The van der Waals surface area contributed by atoms with Gasteiger partial charge >= 0.3 is 0 Å². The molecule has 0 saturated heterocycles. The summed E-state index contributed by atoms with van der Waals surface area (Å²) in [6.07, 6.45) is 3.74. The highest BCUT2D eigenvalue weighted by Crippen LogP contribution is 2.20. The third-order valence-corrected chi connectivity index (χ3v) is 2.22. The van der Waals surface area contributed by atoms with Crippen molar-refractivity contribution in [2.75, 3.05) is 0 Å². The van der Waals surface area contributed by atoms with Crippen molar-refractivity contribution in [1.82, 2.24) is 0 Å². The van der Waals surface area contributed by atoms with E-state index < -0.39 is 0 Å². The van der Waals surface area contributed by atoms with Gasteiger partial charge in [-0.3, -0.25) is 0 Å². The monoisotopic (exact) mass is 172 g/mol. The van der Waals surface area contributed by atoms with Gasteiger partial charge < -0.3 is 0 Å². The van der Waals surface area contributed by atoms with Gasteiger partial charge in [-0.1, -0.05) is 57.4 Å². The third kappa shape index (κ3) is 2.09. The fourth-order valence-corrected chi connectivity index (χ4v) is 1.32. The van der Waals surface area contributed by atoms with Crippen LogP contribution in [0, 0.1) is 0 Å². The van der Waals surface area contributed by atoms with Crippen LogP contribution in [-0.4, -0.2) is 0 Å². The molecule has 0 bridgehead atoms. The number of hydrogen-bond donors (Lipinski definition) is 0. The second-order valence-corrected chi connectivity index (χ2v) is 3.45. The minimum atomic E-state index is 0.567. The highest BCUT2D eigenvalue weighted by Gasteiger charge is 2.01. The summed E-state index contributed by atoms with van der Waals surface area (Å²) in [7, 11) is 0. The average Bonchev–Trinajstić information content (AvgIpc) is 2.16. The first-order valence-electron chi connectivity index (χ1n) is 4.58. The molecular weight excluding hydrogens is 156 g/mol. The second kappa shape index (κ2) is 4.08.